The Hall–Kier alpha value is -3.28. The maximum atomic E-state index is 12.9. The lowest BCUT2D eigenvalue weighted by Gasteiger charge is -2.32. The number of hydrogen-bond donors (Lipinski definition) is 0. The zero-order chi connectivity index (χ0) is 19.3. The number of likely N-dealkylation sites (tertiary alicyclic amines) is 1. The highest BCUT2D eigenvalue weighted by atomic mass is 16.5. The van der Waals surface area contributed by atoms with Crippen LogP contribution in [0.2, 0.25) is 0 Å². The Morgan fingerprint density at radius 1 is 1.11 bits per heavy atom. The predicted octanol–water partition coefficient (Wildman–Crippen LogP) is 3.99. The van der Waals surface area contributed by atoms with Gasteiger partial charge in [-0.1, -0.05) is 18.2 Å². The van der Waals surface area contributed by atoms with Crippen molar-refractivity contribution in [2.24, 2.45) is 0 Å². The van der Waals surface area contributed by atoms with E-state index in [1.54, 1.807) is 24.8 Å². The molecule has 1 saturated heterocycles. The standard InChI is InChI=1S/C22H22N4O2/c1-16-10-18(12-23-11-16)22(27)26-9-5-6-17(15-26)20-13-24-14-21(25-20)28-19-7-3-2-4-8-19/h2-4,7-8,10-14,17H,5-6,9,15H2,1H3/t17-/m1/s1. The first-order valence-corrected chi connectivity index (χ1v) is 9.45. The number of hydrogen-bond acceptors (Lipinski definition) is 5. The topological polar surface area (TPSA) is 68.2 Å². The van der Waals surface area contributed by atoms with Crippen molar-refractivity contribution < 1.29 is 9.53 Å². The van der Waals surface area contributed by atoms with E-state index >= 15 is 0 Å². The maximum Gasteiger partial charge on any atom is 0.255 e. The summed E-state index contributed by atoms with van der Waals surface area (Å²) in [7, 11) is 0. The third-order valence-corrected chi connectivity index (χ3v) is 4.85. The number of carbonyl (C=O) groups is 1. The first kappa shape index (κ1) is 18.1. The van der Waals surface area contributed by atoms with Crippen LogP contribution in [0.4, 0.5) is 0 Å². The lowest BCUT2D eigenvalue weighted by atomic mass is 9.94. The molecule has 6 heteroatoms. The largest absolute Gasteiger partial charge is 0.437 e. The smallest absolute Gasteiger partial charge is 0.255 e. The van der Waals surface area contributed by atoms with Crippen LogP contribution in [0.1, 0.15) is 40.4 Å². The van der Waals surface area contributed by atoms with Crippen LogP contribution in [0.25, 0.3) is 0 Å². The quantitative estimate of drug-likeness (QED) is 0.691. The van der Waals surface area contributed by atoms with Crippen LogP contribution in [0.5, 0.6) is 11.6 Å². The highest BCUT2D eigenvalue weighted by molar-refractivity contribution is 5.94. The zero-order valence-electron chi connectivity index (χ0n) is 15.8. The summed E-state index contributed by atoms with van der Waals surface area (Å²) < 4.78 is 5.80. The summed E-state index contributed by atoms with van der Waals surface area (Å²) >= 11 is 0. The predicted molar refractivity (Wildman–Crippen MR) is 105 cm³/mol. The summed E-state index contributed by atoms with van der Waals surface area (Å²) in [5, 5.41) is 0. The normalized spacial score (nSPS) is 16.6. The van der Waals surface area contributed by atoms with E-state index in [0.717, 1.165) is 36.4 Å². The van der Waals surface area contributed by atoms with Gasteiger partial charge in [-0.05, 0) is 43.5 Å². The van der Waals surface area contributed by atoms with E-state index in [9.17, 15) is 4.79 Å². The number of piperidine rings is 1. The number of aryl methyl sites for hydroxylation is 1. The molecule has 0 radical (unpaired) electrons. The van der Waals surface area contributed by atoms with Gasteiger partial charge in [-0.25, -0.2) is 4.98 Å². The fraction of sp³-hybridized carbons (Fsp3) is 0.273. The van der Waals surface area contributed by atoms with Gasteiger partial charge in [0.05, 0.1) is 17.5 Å². The number of pyridine rings is 1. The van der Waals surface area contributed by atoms with Crippen molar-refractivity contribution in [2.45, 2.75) is 25.7 Å². The van der Waals surface area contributed by atoms with Crippen LogP contribution in [-0.2, 0) is 0 Å². The average molecular weight is 374 g/mol. The highest BCUT2D eigenvalue weighted by Gasteiger charge is 2.27. The van der Waals surface area contributed by atoms with Gasteiger partial charge < -0.3 is 9.64 Å². The van der Waals surface area contributed by atoms with E-state index in [0.29, 0.717) is 18.0 Å². The molecular weight excluding hydrogens is 352 g/mol. The Kier molecular flexibility index (Phi) is 5.28. The first-order chi connectivity index (χ1) is 13.7. The van der Waals surface area contributed by atoms with Crippen molar-refractivity contribution >= 4 is 5.91 Å². The summed E-state index contributed by atoms with van der Waals surface area (Å²) in [6.07, 6.45) is 8.67. The molecular formula is C22H22N4O2. The Bertz CT molecular complexity index is 962. The molecule has 142 valence electrons. The van der Waals surface area contributed by atoms with Gasteiger partial charge in [0, 0.05) is 37.6 Å². The second-order valence-electron chi connectivity index (χ2n) is 7.04. The van der Waals surface area contributed by atoms with Gasteiger partial charge >= 0.3 is 0 Å². The number of benzene rings is 1. The van der Waals surface area contributed by atoms with Gasteiger partial charge in [0.1, 0.15) is 5.75 Å². The number of rotatable bonds is 4. The van der Waals surface area contributed by atoms with Crippen LogP contribution in [-0.4, -0.2) is 38.8 Å². The minimum absolute atomic E-state index is 0.0190. The highest BCUT2D eigenvalue weighted by Crippen LogP contribution is 2.28. The van der Waals surface area contributed by atoms with Crippen LogP contribution < -0.4 is 4.74 Å². The summed E-state index contributed by atoms with van der Waals surface area (Å²) in [5.74, 6) is 1.35. The van der Waals surface area contributed by atoms with Crippen LogP contribution in [0, 0.1) is 6.92 Å². The van der Waals surface area contributed by atoms with Gasteiger partial charge in [0.2, 0.25) is 5.88 Å². The molecule has 0 N–H and O–H groups in total. The number of ether oxygens (including phenoxy) is 1. The minimum Gasteiger partial charge on any atom is -0.437 e. The van der Waals surface area contributed by atoms with Crippen molar-refractivity contribution in [1.82, 2.24) is 19.9 Å². The molecule has 1 aromatic carbocycles. The summed E-state index contributed by atoms with van der Waals surface area (Å²) in [4.78, 5) is 27.8. The number of aromatic nitrogens is 3. The molecule has 0 aliphatic carbocycles. The molecule has 4 rings (SSSR count). The monoisotopic (exact) mass is 374 g/mol. The molecule has 1 amide bonds. The Morgan fingerprint density at radius 2 is 1.93 bits per heavy atom. The van der Waals surface area contributed by atoms with Crippen LogP contribution in [0.3, 0.4) is 0 Å². The van der Waals surface area contributed by atoms with Gasteiger partial charge in [-0.2, -0.15) is 0 Å². The van der Waals surface area contributed by atoms with Crippen molar-refractivity contribution in [2.75, 3.05) is 13.1 Å². The minimum atomic E-state index is 0.0190. The van der Waals surface area contributed by atoms with E-state index in [2.05, 4.69) is 15.0 Å². The molecule has 1 atom stereocenters. The summed E-state index contributed by atoms with van der Waals surface area (Å²) in [6, 6.07) is 11.4. The van der Waals surface area contributed by atoms with Gasteiger partial charge in [0.15, 0.2) is 0 Å². The van der Waals surface area contributed by atoms with E-state index in [4.69, 9.17) is 4.74 Å². The average Bonchev–Trinajstić information content (AvgIpc) is 2.74. The van der Waals surface area contributed by atoms with E-state index in [-0.39, 0.29) is 11.8 Å². The third kappa shape index (κ3) is 4.17. The molecule has 1 aliphatic rings. The Labute approximate surface area is 164 Å². The van der Waals surface area contributed by atoms with Crippen LogP contribution in [0.15, 0.2) is 61.2 Å². The molecule has 6 nitrogen and oxygen atoms in total. The Morgan fingerprint density at radius 3 is 2.75 bits per heavy atom. The lowest BCUT2D eigenvalue weighted by molar-refractivity contribution is 0.0705. The van der Waals surface area contributed by atoms with Gasteiger partial charge in [-0.3, -0.25) is 14.8 Å². The molecule has 3 heterocycles. The molecule has 1 fully saturated rings. The van der Waals surface area contributed by atoms with Gasteiger partial charge in [0.25, 0.3) is 5.91 Å². The molecule has 28 heavy (non-hydrogen) atoms. The van der Waals surface area contributed by atoms with Crippen molar-refractivity contribution in [3.63, 3.8) is 0 Å². The molecule has 0 unspecified atom stereocenters. The zero-order valence-corrected chi connectivity index (χ0v) is 15.8. The van der Waals surface area contributed by atoms with Crippen LogP contribution >= 0.6 is 0 Å². The van der Waals surface area contributed by atoms with E-state index < -0.39 is 0 Å². The molecule has 1 aliphatic heterocycles. The second kappa shape index (κ2) is 8.17. The second-order valence-corrected chi connectivity index (χ2v) is 7.04. The third-order valence-electron chi connectivity index (χ3n) is 4.85. The fourth-order valence-electron chi connectivity index (χ4n) is 3.48. The fourth-order valence-corrected chi connectivity index (χ4v) is 3.48. The number of nitrogens with zero attached hydrogens (tertiary/aromatic N) is 4. The van der Waals surface area contributed by atoms with Crippen molar-refractivity contribution in [1.29, 1.82) is 0 Å². The molecule has 0 bridgehead atoms. The molecule has 0 saturated carbocycles. The first-order valence-electron chi connectivity index (χ1n) is 9.45. The summed E-state index contributed by atoms with van der Waals surface area (Å²) in [5.41, 5.74) is 2.47. The number of amides is 1. The molecule has 0 spiro atoms. The molecule has 3 aromatic rings. The van der Waals surface area contributed by atoms with Crippen molar-refractivity contribution in [3.05, 3.63) is 78.0 Å². The molecule has 2 aromatic heterocycles. The maximum absolute atomic E-state index is 12.9. The Balaban J connectivity index is 1.48. The van der Waals surface area contributed by atoms with E-state index in [1.807, 2.05) is 48.2 Å². The number of para-hydroxylation sites is 1. The lowest BCUT2D eigenvalue weighted by Crippen LogP contribution is -2.39. The number of carbonyl (C=O) groups excluding carboxylic acids is 1. The SMILES string of the molecule is Cc1cncc(C(=O)N2CCC[C@@H](c3cncc(Oc4ccccc4)n3)C2)c1. The van der Waals surface area contributed by atoms with Crippen molar-refractivity contribution in [3.8, 4) is 11.6 Å². The summed E-state index contributed by atoms with van der Waals surface area (Å²) in [6.45, 7) is 3.31. The van der Waals surface area contributed by atoms with E-state index in [1.165, 1.54) is 0 Å². The van der Waals surface area contributed by atoms with Gasteiger partial charge in [-0.15, -0.1) is 0 Å².